The number of benzene rings is 1. The molecule has 5 aromatic rings. The van der Waals surface area contributed by atoms with E-state index in [9.17, 15) is 0 Å². The van der Waals surface area contributed by atoms with Crippen molar-refractivity contribution in [2.75, 3.05) is 0 Å². The van der Waals surface area contributed by atoms with Crippen LogP contribution in [0.4, 0.5) is 0 Å². The van der Waals surface area contributed by atoms with E-state index in [1.807, 2.05) is 53.2 Å². The minimum absolute atomic E-state index is 0.235. The Morgan fingerprint density at radius 2 is 2.00 bits per heavy atom. The van der Waals surface area contributed by atoms with E-state index < -0.39 is 0 Å². The zero-order valence-electron chi connectivity index (χ0n) is 14.0. The number of hydrogen-bond donors (Lipinski definition) is 1. The van der Waals surface area contributed by atoms with E-state index in [-0.39, 0.29) is 6.61 Å². The van der Waals surface area contributed by atoms with E-state index in [2.05, 4.69) is 30.5 Å². The molecule has 5 rings (SSSR count). The van der Waals surface area contributed by atoms with Crippen molar-refractivity contribution in [2.24, 2.45) is 0 Å². The third-order valence-electron chi connectivity index (χ3n) is 4.03. The Labute approximate surface area is 157 Å². The van der Waals surface area contributed by atoms with Crippen LogP contribution >= 0.6 is 11.3 Å². The fourth-order valence-corrected chi connectivity index (χ4v) is 3.41. The maximum absolute atomic E-state index is 5.96. The number of aromatic nitrogens is 7. The van der Waals surface area contributed by atoms with Crippen LogP contribution in [-0.4, -0.2) is 35.0 Å². The van der Waals surface area contributed by atoms with Crippen LogP contribution < -0.4 is 4.74 Å². The molecular formula is C18H13N7OS. The van der Waals surface area contributed by atoms with Gasteiger partial charge in [0.1, 0.15) is 12.9 Å². The molecule has 132 valence electrons. The first kappa shape index (κ1) is 15.6. The number of ether oxygens (including phenoxy) is 1. The Morgan fingerprint density at radius 3 is 2.78 bits per heavy atom. The summed E-state index contributed by atoms with van der Waals surface area (Å²) in [5.41, 5.74) is 3.46. The second kappa shape index (κ2) is 6.61. The maximum Gasteiger partial charge on any atom is 0.240 e. The van der Waals surface area contributed by atoms with Gasteiger partial charge in [0.2, 0.25) is 5.88 Å². The van der Waals surface area contributed by atoms with Gasteiger partial charge in [-0.1, -0.05) is 30.3 Å². The molecule has 0 bridgehead atoms. The first-order valence-electron chi connectivity index (χ1n) is 8.20. The molecule has 4 aromatic heterocycles. The van der Waals surface area contributed by atoms with Crippen LogP contribution in [-0.2, 0) is 6.61 Å². The molecule has 0 aliphatic rings. The summed E-state index contributed by atoms with van der Waals surface area (Å²) in [6, 6.07) is 13.8. The summed E-state index contributed by atoms with van der Waals surface area (Å²) in [6.07, 6.45) is 1.45. The van der Waals surface area contributed by atoms with E-state index in [1.165, 1.54) is 6.33 Å². The zero-order valence-corrected chi connectivity index (χ0v) is 14.8. The normalized spacial score (nSPS) is 11.1. The van der Waals surface area contributed by atoms with E-state index in [1.54, 1.807) is 15.9 Å². The SMILES string of the molecule is c1ccc(-c2nnc3cc(-c4ccsc4)c(OCc4ncn[nH]4)nn23)cc1. The average Bonchev–Trinajstić information content (AvgIpc) is 3.48. The second-order valence-corrected chi connectivity index (χ2v) is 6.54. The number of fused-ring (bicyclic) bond motifs is 1. The summed E-state index contributed by atoms with van der Waals surface area (Å²) in [4.78, 5) is 4.09. The summed E-state index contributed by atoms with van der Waals surface area (Å²) in [5, 5.41) is 24.0. The van der Waals surface area contributed by atoms with Gasteiger partial charge in [-0.3, -0.25) is 5.10 Å². The van der Waals surface area contributed by atoms with Gasteiger partial charge in [0, 0.05) is 5.56 Å². The highest BCUT2D eigenvalue weighted by Gasteiger charge is 2.16. The van der Waals surface area contributed by atoms with Crippen molar-refractivity contribution in [3.05, 3.63) is 65.4 Å². The minimum Gasteiger partial charge on any atom is -0.468 e. The van der Waals surface area contributed by atoms with Crippen molar-refractivity contribution in [1.82, 2.24) is 35.0 Å². The highest BCUT2D eigenvalue weighted by atomic mass is 32.1. The standard InChI is InChI=1S/C18H13N7OS/c1-2-4-12(5-3-1)17-23-22-16-8-14(13-6-7-27-10-13)18(24-25(16)17)26-9-15-19-11-20-21-15/h1-8,10-11H,9H2,(H,19,20,21). The van der Waals surface area contributed by atoms with Crippen molar-refractivity contribution in [3.63, 3.8) is 0 Å². The summed E-state index contributed by atoms with van der Waals surface area (Å²) in [6.45, 7) is 0.235. The number of H-pyrrole nitrogens is 1. The van der Waals surface area contributed by atoms with Crippen LogP contribution in [0.3, 0.4) is 0 Å². The average molecular weight is 375 g/mol. The lowest BCUT2D eigenvalue weighted by Gasteiger charge is -2.09. The van der Waals surface area contributed by atoms with Crippen LogP contribution in [0.25, 0.3) is 28.2 Å². The van der Waals surface area contributed by atoms with Gasteiger partial charge in [0.25, 0.3) is 0 Å². The van der Waals surface area contributed by atoms with Crippen molar-refractivity contribution >= 4 is 17.0 Å². The van der Waals surface area contributed by atoms with E-state index in [0.717, 1.165) is 16.7 Å². The topological polar surface area (TPSA) is 93.9 Å². The number of aromatic amines is 1. The lowest BCUT2D eigenvalue weighted by atomic mass is 10.1. The molecular weight excluding hydrogens is 362 g/mol. The predicted octanol–water partition coefficient (Wildman–Crippen LogP) is 3.22. The molecule has 8 nitrogen and oxygen atoms in total. The van der Waals surface area contributed by atoms with Gasteiger partial charge >= 0.3 is 0 Å². The molecule has 0 amide bonds. The van der Waals surface area contributed by atoms with Crippen LogP contribution in [0, 0.1) is 0 Å². The Hall–Kier alpha value is -3.59. The van der Waals surface area contributed by atoms with Gasteiger partial charge in [-0.05, 0) is 28.5 Å². The molecule has 1 aromatic carbocycles. The summed E-state index contributed by atoms with van der Waals surface area (Å²) < 4.78 is 7.65. The molecule has 1 N–H and O–H groups in total. The third kappa shape index (κ3) is 2.93. The highest BCUT2D eigenvalue weighted by molar-refractivity contribution is 7.08. The van der Waals surface area contributed by atoms with Gasteiger partial charge in [-0.15, -0.1) is 15.3 Å². The molecule has 0 aliphatic heterocycles. The summed E-state index contributed by atoms with van der Waals surface area (Å²) >= 11 is 1.61. The predicted molar refractivity (Wildman–Crippen MR) is 100 cm³/mol. The summed E-state index contributed by atoms with van der Waals surface area (Å²) in [7, 11) is 0. The van der Waals surface area contributed by atoms with Gasteiger partial charge in [-0.25, -0.2) is 4.98 Å². The second-order valence-electron chi connectivity index (χ2n) is 5.76. The fourth-order valence-electron chi connectivity index (χ4n) is 2.75. The number of thiophene rings is 1. The lowest BCUT2D eigenvalue weighted by Crippen LogP contribution is -2.05. The molecule has 0 fully saturated rings. The molecule has 4 heterocycles. The van der Waals surface area contributed by atoms with E-state index >= 15 is 0 Å². The lowest BCUT2D eigenvalue weighted by molar-refractivity contribution is 0.281. The number of nitrogens with one attached hydrogen (secondary N) is 1. The first-order valence-corrected chi connectivity index (χ1v) is 9.14. The van der Waals surface area contributed by atoms with Crippen molar-refractivity contribution in [3.8, 4) is 28.4 Å². The summed E-state index contributed by atoms with van der Waals surface area (Å²) in [5.74, 6) is 1.77. The van der Waals surface area contributed by atoms with Gasteiger partial charge < -0.3 is 4.74 Å². The zero-order chi connectivity index (χ0) is 18.1. The molecule has 0 aliphatic carbocycles. The Morgan fingerprint density at radius 1 is 1.07 bits per heavy atom. The van der Waals surface area contributed by atoms with E-state index in [0.29, 0.717) is 23.2 Å². The van der Waals surface area contributed by atoms with Crippen molar-refractivity contribution in [2.45, 2.75) is 6.61 Å². The molecule has 0 unspecified atom stereocenters. The number of nitrogens with zero attached hydrogens (tertiary/aromatic N) is 6. The van der Waals surface area contributed by atoms with Crippen LogP contribution in [0.1, 0.15) is 5.82 Å². The number of rotatable bonds is 5. The van der Waals surface area contributed by atoms with Crippen molar-refractivity contribution < 1.29 is 4.74 Å². The molecule has 27 heavy (non-hydrogen) atoms. The molecule has 0 radical (unpaired) electrons. The van der Waals surface area contributed by atoms with Crippen LogP contribution in [0.5, 0.6) is 5.88 Å². The van der Waals surface area contributed by atoms with Crippen molar-refractivity contribution in [1.29, 1.82) is 0 Å². The first-order chi connectivity index (χ1) is 13.4. The molecule has 0 saturated heterocycles. The highest BCUT2D eigenvalue weighted by Crippen LogP contribution is 2.32. The Bertz CT molecular complexity index is 1170. The minimum atomic E-state index is 0.235. The monoisotopic (exact) mass is 375 g/mol. The molecule has 0 saturated carbocycles. The largest absolute Gasteiger partial charge is 0.468 e. The van der Waals surface area contributed by atoms with Gasteiger partial charge in [0.15, 0.2) is 17.3 Å². The van der Waals surface area contributed by atoms with Gasteiger partial charge in [-0.2, -0.15) is 21.0 Å². The molecule has 9 heteroatoms. The quantitative estimate of drug-likeness (QED) is 0.507. The van der Waals surface area contributed by atoms with E-state index in [4.69, 9.17) is 4.74 Å². The Kier molecular flexibility index (Phi) is 3.83. The fraction of sp³-hybridized carbons (Fsp3) is 0.0556. The molecule has 0 atom stereocenters. The van der Waals surface area contributed by atoms with Crippen LogP contribution in [0.15, 0.2) is 59.6 Å². The van der Waals surface area contributed by atoms with Crippen LogP contribution in [0.2, 0.25) is 0 Å². The number of hydrogen-bond acceptors (Lipinski definition) is 7. The third-order valence-corrected chi connectivity index (χ3v) is 4.72. The van der Waals surface area contributed by atoms with Gasteiger partial charge in [0.05, 0.1) is 5.56 Å². The Balaban J connectivity index is 1.63. The molecule has 0 spiro atoms. The maximum atomic E-state index is 5.96. The smallest absolute Gasteiger partial charge is 0.240 e.